The number of benzene rings is 2. The van der Waals surface area contributed by atoms with Gasteiger partial charge in [-0.3, -0.25) is 9.69 Å². The first-order valence-electron chi connectivity index (χ1n) is 9.10. The molecule has 0 aliphatic carbocycles. The third-order valence-electron chi connectivity index (χ3n) is 4.78. The number of anilines is 3. The fourth-order valence-corrected chi connectivity index (χ4v) is 3.32. The van der Waals surface area contributed by atoms with Gasteiger partial charge in [-0.25, -0.2) is 4.79 Å². The van der Waals surface area contributed by atoms with Crippen molar-refractivity contribution in [2.24, 2.45) is 0 Å². The highest BCUT2D eigenvalue weighted by atomic mass is 16.5. The lowest BCUT2D eigenvalue weighted by Crippen LogP contribution is -2.36. The van der Waals surface area contributed by atoms with E-state index in [9.17, 15) is 9.59 Å². The summed E-state index contributed by atoms with van der Waals surface area (Å²) in [6.45, 7) is 4.44. The van der Waals surface area contributed by atoms with Crippen molar-refractivity contribution in [2.45, 2.75) is 0 Å². The molecule has 0 radical (unpaired) electrons. The molecule has 0 aromatic heterocycles. The van der Waals surface area contributed by atoms with Gasteiger partial charge in [0.15, 0.2) is 0 Å². The van der Waals surface area contributed by atoms with Gasteiger partial charge >= 0.3 is 6.03 Å². The van der Waals surface area contributed by atoms with Crippen molar-refractivity contribution in [3.63, 3.8) is 0 Å². The maximum Gasteiger partial charge on any atom is 0.321 e. The average Bonchev–Trinajstić information content (AvgIpc) is 3.15. The molecule has 0 saturated carbocycles. The van der Waals surface area contributed by atoms with Crippen LogP contribution in [0.5, 0.6) is 0 Å². The third kappa shape index (κ3) is 3.88. The van der Waals surface area contributed by atoms with E-state index in [0.29, 0.717) is 24.3 Å². The molecule has 0 spiro atoms. The molecule has 0 bridgehead atoms. The van der Waals surface area contributed by atoms with Crippen molar-refractivity contribution in [3.05, 3.63) is 54.1 Å². The van der Waals surface area contributed by atoms with Gasteiger partial charge in [-0.2, -0.15) is 0 Å². The molecule has 2 heterocycles. The normalized spacial score (nSPS) is 17.0. The zero-order valence-electron chi connectivity index (χ0n) is 15.0. The molecule has 0 unspecified atom stereocenters. The highest BCUT2D eigenvalue weighted by Crippen LogP contribution is 2.22. The van der Waals surface area contributed by atoms with Crippen LogP contribution in [0, 0.1) is 0 Å². The Hall–Kier alpha value is -3.06. The topological polar surface area (TPSA) is 73.9 Å². The largest absolute Gasteiger partial charge is 0.378 e. The number of ether oxygens (including phenoxy) is 1. The van der Waals surface area contributed by atoms with Gasteiger partial charge in [-0.05, 0) is 42.5 Å². The number of nitrogens with one attached hydrogen (secondary N) is 2. The fourth-order valence-electron chi connectivity index (χ4n) is 3.32. The fraction of sp³-hybridized carbons (Fsp3) is 0.300. The molecular weight excluding hydrogens is 344 g/mol. The molecule has 7 nitrogen and oxygen atoms in total. The summed E-state index contributed by atoms with van der Waals surface area (Å²) in [7, 11) is 0. The summed E-state index contributed by atoms with van der Waals surface area (Å²) in [4.78, 5) is 28.3. The molecule has 2 aliphatic heterocycles. The second-order valence-electron chi connectivity index (χ2n) is 6.53. The minimum Gasteiger partial charge on any atom is -0.378 e. The summed E-state index contributed by atoms with van der Waals surface area (Å²) in [6, 6.07) is 14.8. The standard InChI is InChI=1S/C20H22N4O3/c25-19(15-4-6-17(7-5-15)23-10-12-27-13-11-23)22-16-2-1-3-18(14-16)24-9-8-21-20(24)26/h1-7,14H,8-13H2,(H,21,26)(H,22,25). The molecule has 3 amide bonds. The number of carbonyl (C=O) groups is 2. The van der Waals surface area contributed by atoms with Gasteiger partial charge in [-0.15, -0.1) is 0 Å². The Kier molecular flexibility index (Phi) is 4.93. The van der Waals surface area contributed by atoms with Gasteiger partial charge in [0.2, 0.25) is 0 Å². The predicted octanol–water partition coefficient (Wildman–Crippen LogP) is 2.31. The molecule has 2 saturated heterocycles. The first kappa shape index (κ1) is 17.4. The Morgan fingerprint density at radius 2 is 1.78 bits per heavy atom. The van der Waals surface area contributed by atoms with Gasteiger partial charge < -0.3 is 20.3 Å². The molecular formula is C20H22N4O3. The Morgan fingerprint density at radius 3 is 2.48 bits per heavy atom. The van der Waals surface area contributed by atoms with Gasteiger partial charge in [0.25, 0.3) is 5.91 Å². The highest BCUT2D eigenvalue weighted by molar-refractivity contribution is 6.05. The Balaban J connectivity index is 1.43. The van der Waals surface area contributed by atoms with E-state index in [1.165, 1.54) is 0 Å². The molecule has 2 aromatic carbocycles. The summed E-state index contributed by atoms with van der Waals surface area (Å²) < 4.78 is 5.37. The molecule has 0 atom stereocenters. The molecule has 140 valence electrons. The van der Waals surface area contributed by atoms with Crippen LogP contribution in [0.2, 0.25) is 0 Å². The Morgan fingerprint density at radius 1 is 1.00 bits per heavy atom. The number of morpholine rings is 1. The van der Waals surface area contributed by atoms with E-state index < -0.39 is 0 Å². The van der Waals surface area contributed by atoms with Gasteiger partial charge in [0.1, 0.15) is 0 Å². The van der Waals surface area contributed by atoms with Crippen LogP contribution in [0.1, 0.15) is 10.4 Å². The van der Waals surface area contributed by atoms with Crippen molar-refractivity contribution in [2.75, 3.05) is 54.5 Å². The maximum absolute atomic E-state index is 12.6. The Labute approximate surface area is 157 Å². The van der Waals surface area contributed by atoms with Crippen LogP contribution in [0.25, 0.3) is 0 Å². The molecule has 2 aromatic rings. The van der Waals surface area contributed by atoms with Crippen LogP contribution < -0.4 is 20.4 Å². The van der Waals surface area contributed by atoms with E-state index in [2.05, 4.69) is 15.5 Å². The van der Waals surface area contributed by atoms with E-state index >= 15 is 0 Å². The SMILES string of the molecule is O=C(Nc1cccc(N2CCNC2=O)c1)c1ccc(N2CCOCC2)cc1. The number of carbonyl (C=O) groups excluding carboxylic acids is 2. The number of nitrogens with zero attached hydrogens (tertiary/aromatic N) is 2. The van der Waals surface area contributed by atoms with Gasteiger partial charge in [-0.1, -0.05) is 6.07 Å². The number of hydrogen-bond acceptors (Lipinski definition) is 4. The smallest absolute Gasteiger partial charge is 0.321 e. The van der Waals surface area contributed by atoms with Crippen LogP contribution in [0.4, 0.5) is 21.9 Å². The van der Waals surface area contributed by atoms with Gasteiger partial charge in [0, 0.05) is 48.8 Å². The van der Waals surface area contributed by atoms with Crippen molar-refractivity contribution < 1.29 is 14.3 Å². The number of rotatable bonds is 4. The second-order valence-corrected chi connectivity index (χ2v) is 6.53. The summed E-state index contributed by atoms with van der Waals surface area (Å²) in [6.07, 6.45) is 0. The van der Waals surface area contributed by atoms with Crippen LogP contribution >= 0.6 is 0 Å². The summed E-state index contributed by atoms with van der Waals surface area (Å²) in [5, 5.41) is 5.68. The summed E-state index contributed by atoms with van der Waals surface area (Å²) in [5.74, 6) is -0.174. The first-order chi connectivity index (χ1) is 13.2. The average molecular weight is 366 g/mol. The lowest BCUT2D eigenvalue weighted by atomic mass is 10.1. The molecule has 2 fully saturated rings. The van der Waals surface area contributed by atoms with E-state index in [-0.39, 0.29) is 11.9 Å². The monoisotopic (exact) mass is 366 g/mol. The zero-order valence-corrected chi connectivity index (χ0v) is 15.0. The third-order valence-corrected chi connectivity index (χ3v) is 4.78. The molecule has 4 rings (SSSR count). The first-order valence-corrected chi connectivity index (χ1v) is 9.10. The van der Waals surface area contributed by atoms with Gasteiger partial charge in [0.05, 0.1) is 13.2 Å². The van der Waals surface area contributed by atoms with Crippen molar-refractivity contribution in [1.29, 1.82) is 0 Å². The minimum absolute atomic E-state index is 0.114. The lowest BCUT2D eigenvalue weighted by molar-refractivity contribution is 0.102. The van der Waals surface area contributed by atoms with Crippen molar-refractivity contribution >= 4 is 29.0 Å². The van der Waals surface area contributed by atoms with Crippen LogP contribution in [-0.2, 0) is 4.74 Å². The molecule has 2 N–H and O–H groups in total. The number of hydrogen-bond donors (Lipinski definition) is 2. The number of urea groups is 1. The summed E-state index contributed by atoms with van der Waals surface area (Å²) >= 11 is 0. The van der Waals surface area contributed by atoms with Crippen LogP contribution in [0.3, 0.4) is 0 Å². The van der Waals surface area contributed by atoms with Crippen LogP contribution in [-0.4, -0.2) is 51.3 Å². The van der Waals surface area contributed by atoms with Crippen molar-refractivity contribution in [3.8, 4) is 0 Å². The lowest BCUT2D eigenvalue weighted by Gasteiger charge is -2.28. The molecule has 27 heavy (non-hydrogen) atoms. The van der Waals surface area contributed by atoms with Crippen LogP contribution in [0.15, 0.2) is 48.5 Å². The highest BCUT2D eigenvalue weighted by Gasteiger charge is 2.21. The van der Waals surface area contributed by atoms with E-state index in [4.69, 9.17) is 4.74 Å². The van der Waals surface area contributed by atoms with E-state index in [1.54, 1.807) is 4.90 Å². The van der Waals surface area contributed by atoms with E-state index in [0.717, 1.165) is 37.7 Å². The quantitative estimate of drug-likeness (QED) is 0.871. The Bertz CT molecular complexity index is 831. The predicted molar refractivity (Wildman–Crippen MR) is 105 cm³/mol. The molecule has 2 aliphatic rings. The zero-order chi connectivity index (χ0) is 18.6. The second kappa shape index (κ2) is 7.67. The van der Waals surface area contributed by atoms with Crippen molar-refractivity contribution in [1.82, 2.24) is 5.32 Å². The molecule has 7 heteroatoms. The minimum atomic E-state index is -0.174. The maximum atomic E-state index is 12.6. The summed E-state index contributed by atoms with van der Waals surface area (Å²) in [5.41, 5.74) is 3.12. The van der Waals surface area contributed by atoms with E-state index in [1.807, 2.05) is 48.5 Å². The number of amides is 3.